The predicted octanol–water partition coefficient (Wildman–Crippen LogP) is 2.09. The topological polar surface area (TPSA) is 48.0 Å². The largest absolute Gasteiger partial charge is 0.497 e. The van der Waals surface area contributed by atoms with Crippen LogP contribution in [0, 0.1) is 5.92 Å². The number of methoxy groups -OCH3 is 3. The summed E-state index contributed by atoms with van der Waals surface area (Å²) in [4.78, 5) is 13.9. The van der Waals surface area contributed by atoms with Crippen molar-refractivity contribution in [3.8, 4) is 11.5 Å². The highest BCUT2D eigenvalue weighted by Crippen LogP contribution is 2.27. The standard InChI is InChI=1S/C16H23NO4/c1-19-14-4-5-15(20-2)13(10-14)11-17-8-6-12(7-9-17)16(18)21-3/h4-5,10,12H,6-9,11H2,1-3H3. The first-order valence-electron chi connectivity index (χ1n) is 7.19. The Bertz CT molecular complexity index is 481. The van der Waals surface area contributed by atoms with Crippen molar-refractivity contribution in [2.45, 2.75) is 19.4 Å². The summed E-state index contributed by atoms with van der Waals surface area (Å²) < 4.78 is 15.5. The molecular weight excluding hydrogens is 270 g/mol. The van der Waals surface area contributed by atoms with Crippen molar-refractivity contribution >= 4 is 5.97 Å². The van der Waals surface area contributed by atoms with Gasteiger partial charge in [0.05, 0.1) is 27.2 Å². The van der Waals surface area contributed by atoms with Gasteiger partial charge in [-0.05, 0) is 44.1 Å². The lowest BCUT2D eigenvalue weighted by Gasteiger charge is -2.31. The van der Waals surface area contributed by atoms with Gasteiger partial charge in [0.2, 0.25) is 0 Å². The van der Waals surface area contributed by atoms with E-state index >= 15 is 0 Å². The molecule has 0 saturated carbocycles. The highest BCUT2D eigenvalue weighted by Gasteiger charge is 2.25. The molecule has 5 heteroatoms. The van der Waals surface area contributed by atoms with E-state index < -0.39 is 0 Å². The van der Waals surface area contributed by atoms with Crippen LogP contribution < -0.4 is 9.47 Å². The van der Waals surface area contributed by atoms with Crippen LogP contribution in [-0.4, -0.2) is 45.3 Å². The van der Waals surface area contributed by atoms with Crippen LogP contribution >= 0.6 is 0 Å². The van der Waals surface area contributed by atoms with Gasteiger partial charge in [-0.3, -0.25) is 9.69 Å². The molecule has 1 fully saturated rings. The second-order valence-electron chi connectivity index (χ2n) is 5.25. The van der Waals surface area contributed by atoms with Crippen molar-refractivity contribution in [2.24, 2.45) is 5.92 Å². The van der Waals surface area contributed by atoms with E-state index in [0.29, 0.717) is 0 Å². The molecule has 1 aliphatic heterocycles. The van der Waals surface area contributed by atoms with Crippen molar-refractivity contribution in [2.75, 3.05) is 34.4 Å². The third kappa shape index (κ3) is 3.88. The number of hydrogen-bond donors (Lipinski definition) is 0. The molecule has 0 spiro atoms. The van der Waals surface area contributed by atoms with E-state index in [1.54, 1.807) is 14.2 Å². The van der Waals surface area contributed by atoms with Crippen LogP contribution in [0.4, 0.5) is 0 Å². The number of carbonyl (C=O) groups is 1. The minimum absolute atomic E-state index is 0.0402. The normalized spacial score (nSPS) is 16.5. The average molecular weight is 293 g/mol. The van der Waals surface area contributed by atoms with Crippen LogP contribution in [0.1, 0.15) is 18.4 Å². The number of hydrogen-bond acceptors (Lipinski definition) is 5. The number of carbonyl (C=O) groups excluding carboxylic acids is 1. The Morgan fingerprint density at radius 1 is 1.19 bits per heavy atom. The molecule has 1 aliphatic rings. The van der Waals surface area contributed by atoms with Gasteiger partial charge >= 0.3 is 5.97 Å². The fourth-order valence-electron chi connectivity index (χ4n) is 2.74. The van der Waals surface area contributed by atoms with Gasteiger partial charge in [0, 0.05) is 12.1 Å². The fraction of sp³-hybridized carbons (Fsp3) is 0.562. The van der Waals surface area contributed by atoms with E-state index in [1.807, 2.05) is 18.2 Å². The second kappa shape index (κ2) is 7.31. The molecule has 116 valence electrons. The Hall–Kier alpha value is -1.75. The number of likely N-dealkylation sites (tertiary alicyclic amines) is 1. The van der Waals surface area contributed by atoms with Crippen LogP contribution in [0.15, 0.2) is 18.2 Å². The lowest BCUT2D eigenvalue weighted by atomic mass is 9.96. The summed E-state index contributed by atoms with van der Waals surface area (Å²) in [5, 5.41) is 0. The fourth-order valence-corrected chi connectivity index (χ4v) is 2.74. The summed E-state index contributed by atoms with van der Waals surface area (Å²) in [6.07, 6.45) is 1.69. The Morgan fingerprint density at radius 3 is 2.48 bits per heavy atom. The number of piperidine rings is 1. The maximum atomic E-state index is 11.5. The molecule has 0 atom stereocenters. The molecule has 1 saturated heterocycles. The average Bonchev–Trinajstić information content (AvgIpc) is 2.54. The zero-order valence-corrected chi connectivity index (χ0v) is 12.9. The number of benzene rings is 1. The predicted molar refractivity (Wildman–Crippen MR) is 79.6 cm³/mol. The van der Waals surface area contributed by atoms with Gasteiger partial charge in [-0.25, -0.2) is 0 Å². The maximum Gasteiger partial charge on any atom is 0.308 e. The zero-order valence-electron chi connectivity index (χ0n) is 12.9. The molecule has 1 heterocycles. The SMILES string of the molecule is COC(=O)C1CCN(Cc2cc(OC)ccc2OC)CC1. The van der Waals surface area contributed by atoms with Gasteiger partial charge in [0.1, 0.15) is 11.5 Å². The maximum absolute atomic E-state index is 11.5. The van der Waals surface area contributed by atoms with E-state index in [-0.39, 0.29) is 11.9 Å². The van der Waals surface area contributed by atoms with Gasteiger partial charge in [-0.1, -0.05) is 0 Å². The first-order chi connectivity index (χ1) is 10.2. The summed E-state index contributed by atoms with van der Waals surface area (Å²) in [6, 6.07) is 5.83. The molecule has 0 amide bonds. The number of ether oxygens (including phenoxy) is 3. The zero-order chi connectivity index (χ0) is 15.2. The van der Waals surface area contributed by atoms with Crippen LogP contribution in [0.25, 0.3) is 0 Å². The lowest BCUT2D eigenvalue weighted by molar-refractivity contribution is -0.147. The van der Waals surface area contributed by atoms with Crippen molar-refractivity contribution in [3.63, 3.8) is 0 Å². The number of esters is 1. The monoisotopic (exact) mass is 293 g/mol. The van der Waals surface area contributed by atoms with E-state index in [9.17, 15) is 4.79 Å². The molecule has 0 unspecified atom stereocenters. The highest BCUT2D eigenvalue weighted by molar-refractivity contribution is 5.72. The van der Waals surface area contributed by atoms with Crippen molar-refractivity contribution < 1.29 is 19.0 Å². The van der Waals surface area contributed by atoms with Gasteiger partial charge < -0.3 is 14.2 Å². The van der Waals surface area contributed by atoms with E-state index in [1.165, 1.54) is 7.11 Å². The molecule has 0 N–H and O–H groups in total. The van der Waals surface area contributed by atoms with Crippen LogP contribution in [0.2, 0.25) is 0 Å². The number of nitrogens with zero attached hydrogens (tertiary/aromatic N) is 1. The summed E-state index contributed by atoms with van der Waals surface area (Å²) in [6.45, 7) is 2.58. The van der Waals surface area contributed by atoms with Gasteiger partial charge in [-0.15, -0.1) is 0 Å². The molecule has 1 aromatic carbocycles. The smallest absolute Gasteiger partial charge is 0.308 e. The third-order valence-electron chi connectivity index (χ3n) is 4.00. The summed E-state index contributed by atoms with van der Waals surface area (Å²) in [7, 11) is 4.79. The molecular formula is C16H23NO4. The Kier molecular flexibility index (Phi) is 5.44. The van der Waals surface area contributed by atoms with E-state index in [0.717, 1.165) is 49.5 Å². The summed E-state index contributed by atoms with van der Waals surface area (Å²) in [5.74, 6) is 1.65. The van der Waals surface area contributed by atoms with Crippen LogP contribution in [-0.2, 0) is 16.1 Å². The molecule has 0 aromatic heterocycles. The molecule has 1 aromatic rings. The molecule has 0 radical (unpaired) electrons. The van der Waals surface area contributed by atoms with Crippen molar-refractivity contribution in [1.29, 1.82) is 0 Å². The molecule has 21 heavy (non-hydrogen) atoms. The minimum Gasteiger partial charge on any atom is -0.497 e. The molecule has 0 aliphatic carbocycles. The first-order valence-corrected chi connectivity index (χ1v) is 7.19. The first kappa shape index (κ1) is 15.6. The second-order valence-corrected chi connectivity index (χ2v) is 5.25. The molecule has 2 rings (SSSR count). The minimum atomic E-state index is -0.0892. The van der Waals surface area contributed by atoms with Crippen molar-refractivity contribution in [3.05, 3.63) is 23.8 Å². The Balaban J connectivity index is 1.98. The van der Waals surface area contributed by atoms with Crippen LogP contribution in [0.3, 0.4) is 0 Å². The molecule has 0 bridgehead atoms. The van der Waals surface area contributed by atoms with Gasteiger partial charge in [0.15, 0.2) is 0 Å². The third-order valence-corrected chi connectivity index (χ3v) is 4.00. The summed E-state index contributed by atoms with van der Waals surface area (Å²) in [5.41, 5.74) is 1.10. The van der Waals surface area contributed by atoms with Gasteiger partial charge in [-0.2, -0.15) is 0 Å². The quantitative estimate of drug-likeness (QED) is 0.778. The van der Waals surface area contributed by atoms with Crippen LogP contribution in [0.5, 0.6) is 11.5 Å². The molecule has 5 nitrogen and oxygen atoms in total. The van der Waals surface area contributed by atoms with Gasteiger partial charge in [0.25, 0.3) is 0 Å². The Labute approximate surface area is 125 Å². The lowest BCUT2D eigenvalue weighted by Crippen LogP contribution is -2.36. The van der Waals surface area contributed by atoms with E-state index in [4.69, 9.17) is 14.2 Å². The number of rotatable bonds is 5. The summed E-state index contributed by atoms with van der Waals surface area (Å²) >= 11 is 0. The highest BCUT2D eigenvalue weighted by atomic mass is 16.5. The van der Waals surface area contributed by atoms with Crippen molar-refractivity contribution in [1.82, 2.24) is 4.90 Å². The Morgan fingerprint density at radius 2 is 1.90 bits per heavy atom. The van der Waals surface area contributed by atoms with E-state index in [2.05, 4.69) is 4.90 Å².